The summed E-state index contributed by atoms with van der Waals surface area (Å²) in [6, 6.07) is 7.73. The van der Waals surface area contributed by atoms with E-state index in [9.17, 15) is 13.0 Å². The first kappa shape index (κ1) is 10.2. The van der Waals surface area contributed by atoms with E-state index in [1.54, 1.807) is 24.3 Å². The Morgan fingerprint density at radius 3 is 2.59 bits per heavy atom. The van der Waals surface area contributed by atoms with Crippen LogP contribution >= 0.6 is 0 Å². The Kier molecular flexibility index (Phi) is 1.95. The van der Waals surface area contributed by atoms with Gasteiger partial charge in [0, 0.05) is 22.1 Å². The molecule has 0 amide bonds. The van der Waals surface area contributed by atoms with E-state index in [0.717, 1.165) is 6.07 Å². The maximum Gasteiger partial charge on any atom is 0.189 e. The van der Waals surface area contributed by atoms with Crippen LogP contribution in [0.3, 0.4) is 0 Å². The van der Waals surface area contributed by atoms with Gasteiger partial charge in [-0.25, -0.2) is 8.42 Å². The average Bonchev–Trinajstić information content (AvgIpc) is 2.74. The van der Waals surface area contributed by atoms with Crippen molar-refractivity contribution in [3.8, 4) is 0 Å². The number of aromatic nitrogens is 2. The summed E-state index contributed by atoms with van der Waals surface area (Å²) in [5.41, 5.74) is 0.617. The number of fused-ring (bicyclic) bond motifs is 3. The first-order valence-corrected chi connectivity index (χ1v) is 6.08. The second kappa shape index (κ2) is 3.25. The van der Waals surface area contributed by atoms with E-state index >= 15 is 0 Å². The van der Waals surface area contributed by atoms with Crippen LogP contribution in [0.15, 0.2) is 39.8 Å². The van der Waals surface area contributed by atoms with Gasteiger partial charge in [-0.3, -0.25) is 0 Å². The average molecular weight is 249 g/mol. The first-order chi connectivity index (χ1) is 8.07. The van der Waals surface area contributed by atoms with Gasteiger partial charge in [0.1, 0.15) is 15.6 Å². The third kappa shape index (κ3) is 1.48. The number of hydrogen-bond donors (Lipinski definition) is 0. The summed E-state index contributed by atoms with van der Waals surface area (Å²) >= 11 is 0. The van der Waals surface area contributed by atoms with Gasteiger partial charge in [-0.1, -0.05) is 24.3 Å². The summed E-state index contributed by atoms with van der Waals surface area (Å²) in [4.78, 5) is -0.320. The molecule has 0 spiro atoms. The molecule has 3 aromatic rings. The zero-order valence-corrected chi connectivity index (χ0v) is 9.14. The van der Waals surface area contributed by atoms with Crippen molar-refractivity contribution in [2.24, 2.45) is 0 Å². The van der Waals surface area contributed by atoms with E-state index in [1.807, 2.05) is 0 Å². The smallest absolute Gasteiger partial charge is 0.189 e. The molecule has 0 bridgehead atoms. The molecule has 17 heavy (non-hydrogen) atoms. The molecule has 2 aromatic carbocycles. The van der Waals surface area contributed by atoms with Gasteiger partial charge >= 0.3 is 0 Å². The molecule has 3 rings (SSSR count). The molecular formula is C10H5N2O4S-. The van der Waals surface area contributed by atoms with Gasteiger partial charge in [0.2, 0.25) is 0 Å². The molecule has 1 heterocycles. The lowest BCUT2D eigenvalue weighted by molar-refractivity contribution is 0.423. The predicted octanol–water partition coefficient (Wildman–Crippen LogP) is 1.28. The Labute approximate surface area is 95.6 Å². The molecule has 0 unspecified atom stereocenters. The van der Waals surface area contributed by atoms with Crippen LogP contribution < -0.4 is 0 Å². The fourth-order valence-electron chi connectivity index (χ4n) is 1.79. The molecule has 0 aliphatic carbocycles. The van der Waals surface area contributed by atoms with Gasteiger partial charge in [-0.2, -0.15) is 0 Å². The second-order valence-electron chi connectivity index (χ2n) is 3.49. The molecule has 1 aromatic heterocycles. The Bertz CT molecular complexity index is 823. The van der Waals surface area contributed by atoms with Gasteiger partial charge in [-0.05, 0) is 0 Å². The molecule has 0 N–H and O–H groups in total. The molecule has 86 valence electrons. The molecule has 0 radical (unpaired) electrons. The van der Waals surface area contributed by atoms with Gasteiger partial charge in [0.25, 0.3) is 0 Å². The minimum atomic E-state index is -4.56. The van der Waals surface area contributed by atoms with Crippen molar-refractivity contribution < 1.29 is 17.5 Å². The Morgan fingerprint density at radius 1 is 1.18 bits per heavy atom. The maximum absolute atomic E-state index is 11.2. The van der Waals surface area contributed by atoms with Gasteiger partial charge in [0.05, 0.1) is 4.90 Å². The summed E-state index contributed by atoms with van der Waals surface area (Å²) in [7, 11) is -4.56. The van der Waals surface area contributed by atoms with Crippen molar-refractivity contribution in [1.82, 2.24) is 10.4 Å². The molecule has 0 saturated carbocycles. The third-order valence-electron chi connectivity index (χ3n) is 2.49. The van der Waals surface area contributed by atoms with E-state index in [4.69, 9.17) is 4.52 Å². The molecule has 0 fully saturated rings. The molecular weight excluding hydrogens is 244 g/mol. The van der Waals surface area contributed by atoms with E-state index in [0.29, 0.717) is 16.3 Å². The Hall–Kier alpha value is -1.99. The number of rotatable bonds is 1. The standard InChI is InChI=1S/C10H6N2O4S/c13-17(14,15)9-5-8-10(11-12-16-8)7-4-2-1-3-6(7)9/h1-5H,(H,13,14,15)/p-1. The summed E-state index contributed by atoms with van der Waals surface area (Å²) in [5, 5.41) is 7.96. The minimum Gasteiger partial charge on any atom is -0.744 e. The highest BCUT2D eigenvalue weighted by atomic mass is 32.2. The van der Waals surface area contributed by atoms with Gasteiger partial charge < -0.3 is 9.08 Å². The van der Waals surface area contributed by atoms with Crippen LogP contribution in [-0.2, 0) is 10.1 Å². The summed E-state index contributed by atoms with van der Waals surface area (Å²) in [6.07, 6.45) is 0. The Morgan fingerprint density at radius 2 is 1.88 bits per heavy atom. The van der Waals surface area contributed by atoms with Crippen LogP contribution in [0, 0.1) is 0 Å². The van der Waals surface area contributed by atoms with Crippen molar-refractivity contribution in [3.63, 3.8) is 0 Å². The van der Waals surface area contributed by atoms with Crippen LogP contribution in [0.1, 0.15) is 0 Å². The highest BCUT2D eigenvalue weighted by Crippen LogP contribution is 2.29. The van der Waals surface area contributed by atoms with Crippen molar-refractivity contribution in [3.05, 3.63) is 30.3 Å². The Balaban J connectivity index is 2.64. The topological polar surface area (TPSA) is 96.1 Å². The third-order valence-corrected chi connectivity index (χ3v) is 3.37. The summed E-state index contributed by atoms with van der Waals surface area (Å²) < 4.78 is 38.3. The maximum atomic E-state index is 11.2. The lowest BCUT2D eigenvalue weighted by Gasteiger charge is -2.09. The van der Waals surface area contributed by atoms with E-state index in [-0.39, 0.29) is 10.5 Å². The van der Waals surface area contributed by atoms with Crippen LogP contribution in [0.5, 0.6) is 0 Å². The zero-order chi connectivity index (χ0) is 12.0. The first-order valence-electron chi connectivity index (χ1n) is 4.67. The van der Waals surface area contributed by atoms with E-state index < -0.39 is 10.1 Å². The fourth-order valence-corrected chi connectivity index (χ4v) is 2.49. The highest BCUT2D eigenvalue weighted by Gasteiger charge is 2.14. The molecule has 0 aliphatic heterocycles. The number of nitrogens with zero attached hydrogens (tertiary/aromatic N) is 2. The van der Waals surface area contributed by atoms with E-state index in [2.05, 4.69) is 10.4 Å². The van der Waals surface area contributed by atoms with Crippen LogP contribution in [-0.4, -0.2) is 23.3 Å². The van der Waals surface area contributed by atoms with E-state index in [1.165, 1.54) is 0 Å². The predicted molar refractivity (Wildman–Crippen MR) is 57.3 cm³/mol. The van der Waals surface area contributed by atoms with Crippen LogP contribution in [0.4, 0.5) is 0 Å². The number of hydrogen-bond acceptors (Lipinski definition) is 6. The molecule has 0 atom stereocenters. The van der Waals surface area contributed by atoms with Crippen LogP contribution in [0.2, 0.25) is 0 Å². The molecule has 7 heteroatoms. The summed E-state index contributed by atoms with van der Waals surface area (Å²) in [5.74, 6) is 0. The van der Waals surface area contributed by atoms with Crippen molar-refractivity contribution >= 4 is 32.0 Å². The molecule has 0 aliphatic rings. The normalized spacial score (nSPS) is 12.3. The zero-order valence-electron chi connectivity index (χ0n) is 8.32. The minimum absolute atomic E-state index is 0.179. The van der Waals surface area contributed by atoms with Gasteiger partial charge in [0.15, 0.2) is 5.58 Å². The highest BCUT2D eigenvalue weighted by molar-refractivity contribution is 7.86. The van der Waals surface area contributed by atoms with Crippen LogP contribution in [0.25, 0.3) is 21.9 Å². The van der Waals surface area contributed by atoms with Crippen molar-refractivity contribution in [2.75, 3.05) is 0 Å². The lowest BCUT2D eigenvalue weighted by Crippen LogP contribution is -1.99. The SMILES string of the molecule is O=S(=O)([O-])c1cc2onnc2c2ccccc12. The lowest BCUT2D eigenvalue weighted by atomic mass is 10.1. The molecule has 0 saturated heterocycles. The monoisotopic (exact) mass is 249 g/mol. The molecule has 6 nitrogen and oxygen atoms in total. The fraction of sp³-hybridized carbons (Fsp3) is 0. The van der Waals surface area contributed by atoms with Gasteiger partial charge in [-0.15, -0.1) is 5.10 Å². The van der Waals surface area contributed by atoms with Crippen molar-refractivity contribution in [1.29, 1.82) is 0 Å². The number of benzene rings is 2. The summed E-state index contributed by atoms with van der Waals surface area (Å²) in [6.45, 7) is 0. The largest absolute Gasteiger partial charge is 0.744 e. The van der Waals surface area contributed by atoms with Crippen molar-refractivity contribution in [2.45, 2.75) is 4.90 Å². The quantitative estimate of drug-likeness (QED) is 0.603. The second-order valence-corrected chi connectivity index (χ2v) is 4.84.